The molecule has 2 aromatic carbocycles. The molecule has 5 rings (SSSR count). The van der Waals surface area contributed by atoms with E-state index in [1.54, 1.807) is 23.1 Å². The number of nitrogens with one attached hydrogen (secondary N) is 2. The summed E-state index contributed by atoms with van der Waals surface area (Å²) in [7, 11) is 0. The number of hydrogen-bond acceptors (Lipinski definition) is 5. The maximum atomic E-state index is 13.7. The molecule has 4 N–H and O–H groups in total. The van der Waals surface area contributed by atoms with Gasteiger partial charge < -0.3 is 21.3 Å². The molecule has 2 aliphatic rings. The third-order valence-electron chi connectivity index (χ3n) is 6.98. The number of nitrogens with two attached hydrogens (primary N) is 1. The first-order chi connectivity index (χ1) is 17.5. The molecule has 1 fully saturated rings. The van der Waals surface area contributed by atoms with Crippen LogP contribution in [-0.4, -0.2) is 29.8 Å². The number of nitrogens with zero attached hydrogens (tertiary/aromatic N) is 1. The van der Waals surface area contributed by atoms with Crippen molar-refractivity contribution in [3.63, 3.8) is 0 Å². The molecule has 3 amide bonds. The molecular weight excluding hydrogens is 472 g/mol. The highest BCUT2D eigenvalue weighted by Gasteiger charge is 2.34. The summed E-state index contributed by atoms with van der Waals surface area (Å²) in [5.41, 5.74) is 8.57. The smallest absolute Gasteiger partial charge is 0.251 e. The van der Waals surface area contributed by atoms with E-state index in [1.807, 2.05) is 47.8 Å². The molecule has 3 aromatic rings. The van der Waals surface area contributed by atoms with Gasteiger partial charge in [-0.2, -0.15) is 0 Å². The first-order valence-electron chi connectivity index (χ1n) is 12.4. The fraction of sp³-hybridized carbons (Fsp3) is 0.321. The Morgan fingerprint density at radius 2 is 1.86 bits per heavy atom. The summed E-state index contributed by atoms with van der Waals surface area (Å²) in [4.78, 5) is 42.4. The number of carbonyl (C=O) groups is 3. The summed E-state index contributed by atoms with van der Waals surface area (Å²) < 4.78 is 0. The average Bonchev–Trinajstić information content (AvgIpc) is 3.33. The SMILES string of the molecule is NC1CCCCC1NC(=O)c1ccc2c(c1)NC(=O)CC(c1ccccc1)N2C(=O)Cc1cccs1. The van der Waals surface area contributed by atoms with Crippen molar-refractivity contribution in [2.45, 2.75) is 56.7 Å². The molecule has 8 heteroatoms. The van der Waals surface area contributed by atoms with Gasteiger partial charge in [-0.15, -0.1) is 11.3 Å². The third kappa shape index (κ3) is 5.20. The molecule has 1 saturated carbocycles. The summed E-state index contributed by atoms with van der Waals surface area (Å²) in [6.07, 6.45) is 4.23. The van der Waals surface area contributed by atoms with Crippen molar-refractivity contribution in [1.29, 1.82) is 0 Å². The molecule has 186 valence electrons. The molecule has 2 heterocycles. The fourth-order valence-electron chi connectivity index (χ4n) is 5.11. The van der Waals surface area contributed by atoms with Crippen LogP contribution in [0, 0.1) is 0 Å². The molecule has 0 spiro atoms. The number of anilines is 2. The van der Waals surface area contributed by atoms with E-state index in [1.165, 1.54) is 11.3 Å². The van der Waals surface area contributed by atoms with E-state index in [0.717, 1.165) is 36.1 Å². The van der Waals surface area contributed by atoms with Crippen molar-refractivity contribution in [2.75, 3.05) is 10.2 Å². The first-order valence-corrected chi connectivity index (χ1v) is 13.3. The number of amides is 3. The normalized spacial score (nSPS) is 21.8. The van der Waals surface area contributed by atoms with Gasteiger partial charge in [-0.05, 0) is 48.1 Å². The van der Waals surface area contributed by atoms with Gasteiger partial charge >= 0.3 is 0 Å². The van der Waals surface area contributed by atoms with E-state index in [2.05, 4.69) is 10.6 Å². The number of carbonyl (C=O) groups excluding carboxylic acids is 3. The standard InChI is InChI=1S/C28H30N4O3S/c29-21-10-4-5-11-22(21)31-28(35)19-12-13-24-23(15-19)30-26(33)17-25(18-7-2-1-3-8-18)32(24)27(34)16-20-9-6-14-36-20/h1-3,6-9,12-15,21-22,25H,4-5,10-11,16-17,29H2,(H,30,33)(H,31,35). The van der Waals surface area contributed by atoms with Gasteiger partial charge in [-0.1, -0.05) is 49.2 Å². The van der Waals surface area contributed by atoms with E-state index in [9.17, 15) is 14.4 Å². The lowest BCUT2D eigenvalue weighted by atomic mass is 9.91. The van der Waals surface area contributed by atoms with Crippen LogP contribution in [0.1, 0.15) is 58.9 Å². The highest BCUT2D eigenvalue weighted by atomic mass is 32.1. The quantitative estimate of drug-likeness (QED) is 0.481. The zero-order valence-corrected chi connectivity index (χ0v) is 20.8. The van der Waals surface area contributed by atoms with Crippen LogP contribution in [0.25, 0.3) is 0 Å². The van der Waals surface area contributed by atoms with Crippen LogP contribution in [0.5, 0.6) is 0 Å². The largest absolute Gasteiger partial charge is 0.348 e. The average molecular weight is 503 g/mol. The van der Waals surface area contributed by atoms with Gasteiger partial charge in [0.1, 0.15) is 0 Å². The van der Waals surface area contributed by atoms with E-state index in [-0.39, 0.29) is 42.6 Å². The minimum absolute atomic E-state index is 0.0553. The topological polar surface area (TPSA) is 105 Å². The Morgan fingerprint density at radius 3 is 2.61 bits per heavy atom. The van der Waals surface area contributed by atoms with Gasteiger partial charge in [-0.25, -0.2) is 0 Å². The second-order valence-corrected chi connectivity index (χ2v) is 10.5. The minimum atomic E-state index is -0.458. The molecule has 1 aromatic heterocycles. The highest BCUT2D eigenvalue weighted by Crippen LogP contribution is 2.39. The Morgan fingerprint density at radius 1 is 1.06 bits per heavy atom. The summed E-state index contributed by atoms with van der Waals surface area (Å²) in [6, 6.07) is 18.0. The number of benzene rings is 2. The van der Waals surface area contributed by atoms with Crippen LogP contribution in [0.4, 0.5) is 11.4 Å². The molecular formula is C28H30N4O3S. The lowest BCUT2D eigenvalue weighted by molar-refractivity contribution is -0.119. The van der Waals surface area contributed by atoms with Crippen LogP contribution in [0.15, 0.2) is 66.0 Å². The van der Waals surface area contributed by atoms with Crippen molar-refractivity contribution in [3.8, 4) is 0 Å². The molecule has 3 unspecified atom stereocenters. The summed E-state index contributed by atoms with van der Waals surface area (Å²) in [6.45, 7) is 0. The van der Waals surface area contributed by atoms with Crippen molar-refractivity contribution in [3.05, 3.63) is 82.0 Å². The number of fused-ring (bicyclic) bond motifs is 1. The molecule has 1 aliphatic carbocycles. The predicted molar refractivity (Wildman–Crippen MR) is 142 cm³/mol. The van der Waals surface area contributed by atoms with Crippen molar-refractivity contribution in [1.82, 2.24) is 5.32 Å². The molecule has 0 saturated heterocycles. The van der Waals surface area contributed by atoms with Crippen molar-refractivity contribution >= 4 is 40.4 Å². The van der Waals surface area contributed by atoms with Gasteiger partial charge in [-0.3, -0.25) is 14.4 Å². The molecule has 0 bridgehead atoms. The molecule has 7 nitrogen and oxygen atoms in total. The Labute approximate surface area is 214 Å². The van der Waals surface area contributed by atoms with Gasteiger partial charge in [0, 0.05) is 22.5 Å². The highest BCUT2D eigenvalue weighted by molar-refractivity contribution is 7.10. The monoisotopic (exact) mass is 502 g/mol. The second kappa shape index (κ2) is 10.6. The maximum absolute atomic E-state index is 13.7. The van der Waals surface area contributed by atoms with Crippen LogP contribution in [-0.2, 0) is 16.0 Å². The Hall–Kier alpha value is -3.49. The number of thiophene rings is 1. The van der Waals surface area contributed by atoms with Gasteiger partial charge in [0.05, 0.1) is 30.3 Å². The van der Waals surface area contributed by atoms with Crippen molar-refractivity contribution < 1.29 is 14.4 Å². The van der Waals surface area contributed by atoms with Gasteiger partial charge in [0.25, 0.3) is 5.91 Å². The van der Waals surface area contributed by atoms with E-state index < -0.39 is 6.04 Å². The Balaban J connectivity index is 1.49. The van der Waals surface area contributed by atoms with E-state index in [4.69, 9.17) is 5.73 Å². The molecule has 3 atom stereocenters. The van der Waals surface area contributed by atoms with E-state index in [0.29, 0.717) is 16.9 Å². The number of rotatable bonds is 5. The lowest BCUT2D eigenvalue weighted by Gasteiger charge is -2.31. The number of hydrogen-bond donors (Lipinski definition) is 3. The zero-order chi connectivity index (χ0) is 25.1. The van der Waals surface area contributed by atoms with E-state index >= 15 is 0 Å². The summed E-state index contributed by atoms with van der Waals surface area (Å²) >= 11 is 1.53. The van der Waals surface area contributed by atoms with Crippen LogP contribution in [0.2, 0.25) is 0 Å². The Bertz CT molecular complexity index is 1240. The summed E-state index contributed by atoms with van der Waals surface area (Å²) in [5.74, 6) is -0.535. The first kappa shape index (κ1) is 24.2. The van der Waals surface area contributed by atoms with Crippen LogP contribution < -0.4 is 21.3 Å². The fourth-order valence-corrected chi connectivity index (χ4v) is 5.81. The Kier molecular flexibility index (Phi) is 7.16. The van der Waals surface area contributed by atoms with Crippen LogP contribution >= 0.6 is 11.3 Å². The van der Waals surface area contributed by atoms with Gasteiger partial charge in [0.15, 0.2) is 0 Å². The second-order valence-electron chi connectivity index (χ2n) is 9.46. The van der Waals surface area contributed by atoms with Crippen molar-refractivity contribution in [2.24, 2.45) is 5.73 Å². The molecule has 36 heavy (non-hydrogen) atoms. The van der Waals surface area contributed by atoms with Crippen LogP contribution in [0.3, 0.4) is 0 Å². The van der Waals surface area contributed by atoms with Gasteiger partial charge in [0.2, 0.25) is 11.8 Å². The molecule has 1 aliphatic heterocycles. The summed E-state index contributed by atoms with van der Waals surface area (Å²) in [5, 5.41) is 7.95. The lowest BCUT2D eigenvalue weighted by Crippen LogP contribution is -2.49. The zero-order valence-electron chi connectivity index (χ0n) is 20.0. The molecule has 0 radical (unpaired) electrons. The third-order valence-corrected chi connectivity index (χ3v) is 7.85. The predicted octanol–water partition coefficient (Wildman–Crippen LogP) is 4.41. The maximum Gasteiger partial charge on any atom is 0.251 e. The minimum Gasteiger partial charge on any atom is -0.348 e.